The van der Waals surface area contributed by atoms with Crippen LogP contribution in [0.2, 0.25) is 0 Å². The maximum absolute atomic E-state index is 13.7. The van der Waals surface area contributed by atoms with E-state index in [4.69, 9.17) is 4.98 Å². The van der Waals surface area contributed by atoms with Crippen molar-refractivity contribution in [2.45, 2.75) is 38.1 Å². The highest BCUT2D eigenvalue weighted by Gasteiger charge is 2.23. The number of thioether (sulfide) groups is 1. The number of aromatic nitrogens is 1. The molecule has 0 aliphatic carbocycles. The van der Waals surface area contributed by atoms with E-state index in [1.165, 1.54) is 5.56 Å². The largest absolute Gasteiger partial charge is 0.279 e. The molecule has 1 amide bonds. The molecule has 0 saturated carbocycles. The summed E-state index contributed by atoms with van der Waals surface area (Å²) in [6.07, 6.45) is 0. The van der Waals surface area contributed by atoms with Crippen LogP contribution in [0.1, 0.15) is 48.2 Å². The molecule has 0 atom stereocenters. The van der Waals surface area contributed by atoms with E-state index in [9.17, 15) is 4.79 Å². The summed E-state index contributed by atoms with van der Waals surface area (Å²) in [5.74, 6) is 1.33. The molecule has 1 heterocycles. The van der Waals surface area contributed by atoms with Gasteiger partial charge in [0.05, 0.1) is 16.8 Å². The van der Waals surface area contributed by atoms with Crippen molar-refractivity contribution in [2.24, 2.45) is 0 Å². The molecule has 0 N–H and O–H groups in total. The summed E-state index contributed by atoms with van der Waals surface area (Å²) in [5, 5.41) is 0.741. The van der Waals surface area contributed by atoms with Gasteiger partial charge in [0.1, 0.15) is 0 Å². The zero-order valence-corrected chi connectivity index (χ0v) is 19.7. The Hall–Kier alpha value is -2.63. The van der Waals surface area contributed by atoms with Crippen LogP contribution in [0.3, 0.4) is 0 Å². The van der Waals surface area contributed by atoms with Gasteiger partial charge in [0.2, 0.25) is 0 Å². The molecule has 0 spiro atoms. The van der Waals surface area contributed by atoms with E-state index in [1.807, 2.05) is 41.3 Å². The van der Waals surface area contributed by atoms with Crippen LogP contribution in [0, 0.1) is 0 Å². The van der Waals surface area contributed by atoms with Gasteiger partial charge >= 0.3 is 0 Å². The molecule has 0 aliphatic rings. The van der Waals surface area contributed by atoms with Gasteiger partial charge in [-0.3, -0.25) is 9.69 Å². The number of carbonyl (C=O) groups excluding carboxylic acids is 1. The molecule has 3 nitrogen and oxygen atoms in total. The first kappa shape index (κ1) is 21.6. The lowest BCUT2D eigenvalue weighted by Crippen LogP contribution is -2.30. The van der Waals surface area contributed by atoms with Gasteiger partial charge in [0, 0.05) is 10.5 Å². The van der Waals surface area contributed by atoms with Gasteiger partial charge in [-0.05, 0) is 47.1 Å². The van der Waals surface area contributed by atoms with E-state index in [0.717, 1.165) is 31.6 Å². The molecule has 0 saturated heterocycles. The molecule has 0 fully saturated rings. The number of rotatable bonds is 7. The van der Waals surface area contributed by atoms with Crippen LogP contribution >= 0.6 is 23.1 Å². The molecular weight excluding hydrogens is 420 g/mol. The molecule has 4 rings (SSSR count). The summed E-state index contributed by atoms with van der Waals surface area (Å²) in [6.45, 7) is 6.96. The Morgan fingerprint density at radius 3 is 2.55 bits per heavy atom. The SMILES string of the molecule is CCSc1cccc(C(=O)N(Cc2ccccc2)c2nc3c(C(C)C)cccc3s2)c1. The van der Waals surface area contributed by atoms with Crippen LogP contribution in [0.25, 0.3) is 10.2 Å². The van der Waals surface area contributed by atoms with E-state index in [2.05, 4.69) is 57.2 Å². The third kappa shape index (κ3) is 4.83. The number of amides is 1. The molecule has 0 bridgehead atoms. The van der Waals surface area contributed by atoms with Crippen LogP contribution < -0.4 is 4.90 Å². The van der Waals surface area contributed by atoms with Gasteiger partial charge in [-0.2, -0.15) is 0 Å². The number of anilines is 1. The van der Waals surface area contributed by atoms with Gasteiger partial charge in [-0.15, -0.1) is 11.8 Å². The van der Waals surface area contributed by atoms with E-state index in [0.29, 0.717) is 18.0 Å². The summed E-state index contributed by atoms with van der Waals surface area (Å²) in [7, 11) is 0. The van der Waals surface area contributed by atoms with Crippen molar-refractivity contribution in [3.63, 3.8) is 0 Å². The minimum atomic E-state index is -0.0208. The third-order valence-corrected chi connectivity index (χ3v) is 7.03. The van der Waals surface area contributed by atoms with Crippen molar-refractivity contribution in [2.75, 3.05) is 10.7 Å². The molecule has 0 unspecified atom stereocenters. The Bertz CT molecular complexity index is 1180. The lowest BCUT2D eigenvalue weighted by atomic mass is 10.0. The second kappa shape index (κ2) is 9.67. The summed E-state index contributed by atoms with van der Waals surface area (Å²) in [4.78, 5) is 21.6. The summed E-state index contributed by atoms with van der Waals surface area (Å²) < 4.78 is 1.11. The summed E-state index contributed by atoms with van der Waals surface area (Å²) in [6, 6.07) is 24.3. The second-order valence-electron chi connectivity index (χ2n) is 7.68. The monoisotopic (exact) mass is 446 g/mol. The first-order chi connectivity index (χ1) is 15.1. The van der Waals surface area contributed by atoms with Gasteiger partial charge < -0.3 is 0 Å². The molecule has 4 aromatic rings. The minimum absolute atomic E-state index is 0.0208. The average molecular weight is 447 g/mol. The van der Waals surface area contributed by atoms with Gasteiger partial charge in [-0.25, -0.2) is 4.98 Å². The van der Waals surface area contributed by atoms with Crippen molar-refractivity contribution >= 4 is 44.4 Å². The first-order valence-corrected chi connectivity index (χ1v) is 12.3. The van der Waals surface area contributed by atoms with Crippen molar-refractivity contribution in [3.05, 3.63) is 89.5 Å². The van der Waals surface area contributed by atoms with Gasteiger partial charge in [-0.1, -0.05) is 80.6 Å². The van der Waals surface area contributed by atoms with E-state index >= 15 is 0 Å². The molecule has 0 aliphatic heterocycles. The summed E-state index contributed by atoms with van der Waals surface area (Å²) >= 11 is 3.33. The predicted octanol–water partition coefficient (Wildman–Crippen LogP) is 7.38. The average Bonchev–Trinajstić information content (AvgIpc) is 3.22. The molecule has 5 heteroatoms. The number of benzene rings is 3. The topological polar surface area (TPSA) is 33.2 Å². The number of fused-ring (bicyclic) bond motifs is 1. The third-order valence-electron chi connectivity index (χ3n) is 5.11. The molecular formula is C26H26N2OS2. The smallest absolute Gasteiger partial charge is 0.260 e. The summed E-state index contributed by atoms with van der Waals surface area (Å²) in [5.41, 5.74) is 3.99. The van der Waals surface area contributed by atoms with Crippen molar-refractivity contribution < 1.29 is 4.79 Å². The first-order valence-electron chi connectivity index (χ1n) is 10.5. The van der Waals surface area contributed by atoms with E-state index in [-0.39, 0.29) is 5.91 Å². The highest BCUT2D eigenvalue weighted by molar-refractivity contribution is 7.99. The predicted molar refractivity (Wildman–Crippen MR) is 134 cm³/mol. The van der Waals surface area contributed by atoms with Crippen LogP contribution in [0.15, 0.2) is 77.7 Å². The van der Waals surface area contributed by atoms with Gasteiger partial charge in [0.15, 0.2) is 5.13 Å². The Morgan fingerprint density at radius 2 is 1.81 bits per heavy atom. The molecule has 3 aromatic carbocycles. The fourth-order valence-electron chi connectivity index (χ4n) is 3.57. The van der Waals surface area contributed by atoms with Crippen LogP contribution in [0.5, 0.6) is 0 Å². The zero-order chi connectivity index (χ0) is 21.8. The second-order valence-corrected chi connectivity index (χ2v) is 10.0. The fourth-order valence-corrected chi connectivity index (χ4v) is 5.29. The molecule has 31 heavy (non-hydrogen) atoms. The Kier molecular flexibility index (Phi) is 6.73. The number of carbonyl (C=O) groups is 1. The highest BCUT2D eigenvalue weighted by atomic mass is 32.2. The highest BCUT2D eigenvalue weighted by Crippen LogP contribution is 2.35. The van der Waals surface area contributed by atoms with Crippen LogP contribution in [-0.4, -0.2) is 16.6 Å². The normalized spacial score (nSPS) is 11.2. The van der Waals surface area contributed by atoms with Gasteiger partial charge in [0.25, 0.3) is 5.91 Å². The number of para-hydroxylation sites is 1. The maximum Gasteiger partial charge on any atom is 0.260 e. The van der Waals surface area contributed by atoms with E-state index < -0.39 is 0 Å². The lowest BCUT2D eigenvalue weighted by Gasteiger charge is -2.20. The van der Waals surface area contributed by atoms with Crippen molar-refractivity contribution in [1.82, 2.24) is 4.98 Å². The van der Waals surface area contributed by atoms with Crippen LogP contribution in [0.4, 0.5) is 5.13 Å². The number of hydrogen-bond acceptors (Lipinski definition) is 4. The lowest BCUT2D eigenvalue weighted by molar-refractivity contribution is 0.0985. The standard InChI is InChI=1S/C26H26N2OS2/c1-4-30-21-13-8-12-20(16-21)25(29)28(17-19-10-6-5-7-11-19)26-27-24-22(18(2)3)14-9-15-23(24)31-26/h5-16,18H,4,17H2,1-3H3. The molecule has 1 aromatic heterocycles. The molecule has 158 valence electrons. The Labute approximate surface area is 192 Å². The Balaban J connectivity index is 1.78. The number of nitrogens with zero attached hydrogens (tertiary/aromatic N) is 2. The zero-order valence-electron chi connectivity index (χ0n) is 18.0. The Morgan fingerprint density at radius 1 is 1.03 bits per heavy atom. The van der Waals surface area contributed by atoms with Crippen molar-refractivity contribution in [1.29, 1.82) is 0 Å². The minimum Gasteiger partial charge on any atom is -0.279 e. The van der Waals surface area contributed by atoms with Crippen LogP contribution in [-0.2, 0) is 6.54 Å². The molecule has 0 radical (unpaired) electrons. The number of thiazole rings is 1. The maximum atomic E-state index is 13.7. The number of hydrogen-bond donors (Lipinski definition) is 0. The fraction of sp³-hybridized carbons (Fsp3) is 0.231. The van der Waals surface area contributed by atoms with Crippen molar-refractivity contribution in [3.8, 4) is 0 Å². The van der Waals surface area contributed by atoms with E-state index in [1.54, 1.807) is 23.1 Å². The quantitative estimate of drug-likeness (QED) is 0.278.